The number of phosphoric ester groups is 4. The second kappa shape index (κ2) is 82.2. The van der Waals surface area contributed by atoms with Crippen molar-refractivity contribution < 1.29 is 236 Å². The number of amides is 8. The molecule has 792 valence electrons. The fraction of sp³-hybridized carbons (Fsp3) is 0.784. The van der Waals surface area contributed by atoms with Crippen LogP contribution in [0.1, 0.15) is 111 Å². The van der Waals surface area contributed by atoms with Crippen LogP contribution in [-0.2, 0) is 207 Å². The molecule has 0 heterocycles. The molecule has 0 bridgehead atoms. The number of hydrogen-bond donors (Lipinski definition) is 8. The van der Waals surface area contributed by atoms with Gasteiger partial charge in [-0.3, -0.25) is 80.6 Å². The average Bonchev–Trinajstić information content (AvgIpc) is 0.921. The Balaban J connectivity index is -0.000000854. The second-order valence-electron chi connectivity index (χ2n) is 27.6. The van der Waals surface area contributed by atoms with Crippen LogP contribution in [-0.4, -0.2) is 368 Å². The summed E-state index contributed by atoms with van der Waals surface area (Å²) in [6.07, 6.45) is -5.54. The van der Waals surface area contributed by atoms with Gasteiger partial charge in [0.2, 0.25) is 29.5 Å². The molecular weight excluding hydrogens is 1920 g/mol. The van der Waals surface area contributed by atoms with Crippen LogP contribution >= 0.6 is 31.3 Å². The number of nitrogens with one attached hydrogen (secondary N) is 8. The van der Waals surface area contributed by atoms with E-state index >= 15 is 0 Å². The van der Waals surface area contributed by atoms with Gasteiger partial charge in [-0.2, -0.15) is 0 Å². The maximum absolute atomic E-state index is 11.8. The summed E-state index contributed by atoms with van der Waals surface area (Å²) in [5.74, 6) is -8.27. The molecule has 0 saturated carbocycles. The average molecular weight is 2060 g/mol. The van der Waals surface area contributed by atoms with Gasteiger partial charge >= 0.3 is 65.8 Å². The van der Waals surface area contributed by atoms with Gasteiger partial charge in [-0.15, -0.1) is 0 Å². The number of ether oxygens (including phenoxy) is 18. The Kier molecular flexibility index (Phi) is 80.7. The maximum atomic E-state index is 11.8. The Morgan fingerprint density at radius 3 is 0.721 bits per heavy atom. The highest BCUT2D eigenvalue weighted by molar-refractivity contribution is 7.46. The fourth-order valence-electron chi connectivity index (χ4n) is 8.03. The Morgan fingerprint density at radius 2 is 0.478 bits per heavy atom. The highest BCUT2D eigenvalue weighted by Crippen LogP contribution is 2.40. The Labute approximate surface area is 786 Å². The third kappa shape index (κ3) is 99.7. The van der Waals surface area contributed by atoms with E-state index < -0.39 is 199 Å². The van der Waals surface area contributed by atoms with E-state index in [4.69, 9.17) is 66.3 Å². The number of carbonyl (C=O) groups excluding carboxylic acids is 16. The second-order valence-corrected chi connectivity index (χ2v) is 33.2. The molecule has 0 aromatic rings. The van der Waals surface area contributed by atoms with E-state index in [2.05, 4.69) is 97.7 Å². The Hall–Kier alpha value is -8.76. The van der Waals surface area contributed by atoms with Crippen molar-refractivity contribution in [3.8, 4) is 0 Å². The molecule has 0 aliphatic carbocycles. The van der Waals surface area contributed by atoms with Gasteiger partial charge < -0.3 is 184 Å². The standard InChI is InChI=1S/C19H36N3O12P.C19H35N2O13P.C18H33N2O12P.C18H32NO13P/c1-14(2)22-19(26)21-5-7-29-9-10-30-13-18(25)20-6-8-32-35(27,28)33-12-17(34-16(4)24)11-31-15(3)23;1-14(2)33-19(25)21-5-7-28-9-10-29-13-18(24)20-6-8-31-35(26,27)32-12-17(34-16(4)23)11-30-15(3)22;1-13(2)20-18(24)12-28-8-7-27-11-17(23)19-5-6-30-33(25,26)31-10-16(32-15(4)22)9-29-14(3)21;1-13(2)31-18(23)12-27-8-7-26-11-17(22)19-5-6-29-33(24,25)30-10-16(32-15(4)21)9-28-14(3)20/h14,17H,5-13H2,1-4H3,(H,20,25)(H,27,28)(H2,21,22,26);14,17H,5-13H2,1-4H3,(H,20,24)(H,21,25)(H,26,27);13,16H,5-12H2,1-4H3,(H,19,23)(H,20,24)(H,25,26);13,16H,5-12H2,1-4H3,(H,19,22)(H,24,25)/p-4/t2*17-;2*16-/m1111/s1. The fourth-order valence-corrected chi connectivity index (χ4v) is 11.0. The SMILES string of the molecule is CC(=O)OC[C@H](COP(=O)([O-])OCCNC(=O)COCCOCC(=O)NC(C)C)OC(C)=O.CC(=O)OC[C@H](COP(=O)([O-])OCCNC(=O)COCCOCC(=O)OC(C)C)OC(C)=O.CC(=O)OC[C@H](COP(=O)([O-])OCCNC(=O)COCCOCCNC(=O)NC(C)C)OC(C)=O.CC(=O)OC[C@H](COP(=O)([O-])OCCNC(=O)COCCOCCNC(=O)OC(C)C)OC(C)=O. The first-order valence-corrected chi connectivity index (χ1v) is 47.3. The predicted octanol–water partition coefficient (Wildman–Crippen LogP) is -4.15. The number of urea groups is 1. The molecule has 0 rings (SSSR count). The van der Waals surface area contributed by atoms with E-state index in [-0.39, 0.29) is 194 Å². The molecule has 0 aliphatic rings. The first-order valence-electron chi connectivity index (χ1n) is 41.4. The van der Waals surface area contributed by atoms with Crippen molar-refractivity contribution in [3.05, 3.63) is 0 Å². The third-order valence-electron chi connectivity index (χ3n) is 13.1. The van der Waals surface area contributed by atoms with Crippen LogP contribution in [0, 0.1) is 0 Å². The van der Waals surface area contributed by atoms with Crippen LogP contribution in [0.4, 0.5) is 9.59 Å². The third-order valence-corrected chi connectivity index (χ3v) is 16.9. The van der Waals surface area contributed by atoms with Crippen LogP contribution in [0.15, 0.2) is 0 Å². The minimum absolute atomic E-state index is 0.0112. The summed E-state index contributed by atoms with van der Waals surface area (Å²) >= 11 is 0. The van der Waals surface area contributed by atoms with Gasteiger partial charge in [-0.25, -0.2) is 14.4 Å². The molecule has 0 fully saturated rings. The topological polar surface area (TPSA) is 770 Å². The molecule has 8 N–H and O–H groups in total. The summed E-state index contributed by atoms with van der Waals surface area (Å²) in [7, 11) is -19.1. The molecule has 4 unspecified atom stereocenters. The van der Waals surface area contributed by atoms with E-state index in [0.717, 1.165) is 55.4 Å². The Morgan fingerprint density at radius 1 is 0.243 bits per heavy atom. The molecule has 0 aromatic carbocycles. The number of esters is 9. The van der Waals surface area contributed by atoms with Gasteiger partial charge in [0.1, 0.15) is 66.1 Å². The van der Waals surface area contributed by atoms with Gasteiger partial charge in [0, 0.05) is 107 Å². The predicted molar refractivity (Wildman–Crippen MR) is 451 cm³/mol. The number of rotatable bonds is 74. The summed E-state index contributed by atoms with van der Waals surface area (Å²) in [5.41, 5.74) is 0. The largest absolute Gasteiger partial charge is 0.756 e. The minimum Gasteiger partial charge on any atom is -0.756 e. The molecular formula is C74H132N8O50P4-4. The first-order chi connectivity index (χ1) is 63.6. The zero-order chi connectivity index (χ0) is 104. The zero-order valence-electron chi connectivity index (χ0n) is 78.9. The lowest BCUT2D eigenvalue weighted by atomic mass is 10.4. The summed E-state index contributed by atoms with van der Waals surface area (Å²) < 4.78 is 172. The lowest BCUT2D eigenvalue weighted by Gasteiger charge is -2.25. The van der Waals surface area contributed by atoms with Crippen molar-refractivity contribution in [3.63, 3.8) is 0 Å². The van der Waals surface area contributed by atoms with Crippen molar-refractivity contribution in [2.75, 3.05) is 224 Å². The van der Waals surface area contributed by atoms with Gasteiger partial charge in [0.05, 0.1) is 131 Å². The van der Waals surface area contributed by atoms with Crippen LogP contribution in [0.3, 0.4) is 0 Å². The van der Waals surface area contributed by atoms with Gasteiger partial charge in [0.15, 0.2) is 24.4 Å². The molecule has 136 heavy (non-hydrogen) atoms. The number of hydrogen-bond acceptors (Lipinski definition) is 50. The molecule has 0 aliphatic heterocycles. The van der Waals surface area contributed by atoms with Crippen LogP contribution in [0.2, 0.25) is 0 Å². The molecule has 0 spiro atoms. The highest BCUT2D eigenvalue weighted by Gasteiger charge is 2.25. The maximum Gasteiger partial charge on any atom is 0.407 e. The first kappa shape index (κ1) is 134. The van der Waals surface area contributed by atoms with Crippen molar-refractivity contribution >= 4 is 127 Å². The van der Waals surface area contributed by atoms with Crippen molar-refractivity contribution in [2.45, 2.75) is 159 Å². The van der Waals surface area contributed by atoms with E-state index in [9.17, 15) is 115 Å². The van der Waals surface area contributed by atoms with Gasteiger partial charge in [-0.1, -0.05) is 0 Å². The quantitative estimate of drug-likeness (QED) is 0.0124. The molecule has 0 aromatic heterocycles. The number of alkyl carbamates (subject to hydrolysis) is 1. The van der Waals surface area contributed by atoms with Crippen LogP contribution in [0.25, 0.3) is 0 Å². The zero-order valence-corrected chi connectivity index (χ0v) is 82.4. The van der Waals surface area contributed by atoms with Crippen molar-refractivity contribution in [1.82, 2.24) is 42.5 Å². The molecule has 0 saturated heterocycles. The summed E-state index contributed by atoms with van der Waals surface area (Å²) in [4.78, 5) is 226. The van der Waals surface area contributed by atoms with Crippen LogP contribution < -0.4 is 62.1 Å². The lowest BCUT2D eigenvalue weighted by Crippen LogP contribution is -2.40. The van der Waals surface area contributed by atoms with E-state index in [0.29, 0.717) is 6.54 Å². The normalized spacial score (nSPS) is 13.5. The summed E-state index contributed by atoms with van der Waals surface area (Å²) in [5, 5.41) is 19.9. The summed E-state index contributed by atoms with van der Waals surface area (Å²) in [6, 6.07) is -0.241. The van der Waals surface area contributed by atoms with E-state index in [1.807, 2.05) is 27.7 Å². The Bertz CT molecular complexity index is 3440. The van der Waals surface area contributed by atoms with E-state index in [1.165, 1.54) is 0 Å². The van der Waals surface area contributed by atoms with Crippen LogP contribution in [0.5, 0.6) is 0 Å². The highest BCUT2D eigenvalue weighted by atomic mass is 31.2. The number of phosphoric acid groups is 4. The molecule has 0 radical (unpaired) electrons. The van der Waals surface area contributed by atoms with Gasteiger partial charge in [-0.05, 0) is 55.4 Å². The van der Waals surface area contributed by atoms with Crippen molar-refractivity contribution in [1.29, 1.82) is 0 Å². The molecule has 8 atom stereocenters. The van der Waals surface area contributed by atoms with E-state index in [1.54, 1.807) is 27.7 Å². The molecule has 62 heteroatoms. The lowest BCUT2D eigenvalue weighted by molar-refractivity contribution is -0.229. The molecule has 8 amide bonds. The van der Waals surface area contributed by atoms with Crippen molar-refractivity contribution in [2.24, 2.45) is 0 Å². The van der Waals surface area contributed by atoms with Gasteiger partial charge in [0.25, 0.3) is 31.3 Å². The monoisotopic (exact) mass is 2060 g/mol. The molecule has 58 nitrogen and oxygen atoms in total. The minimum atomic E-state index is -4.77. The smallest absolute Gasteiger partial charge is 0.407 e. The number of carbonyl (C=O) groups is 16. The summed E-state index contributed by atoms with van der Waals surface area (Å²) in [6.45, 7) is 17.5.